The SMILES string of the molecule is Fc1ccc(OCc2ccccc2)c(-c2nc3c(Cl)cccc3cc2CNc2ncnc3nc[nH]c23)c1.NCc1cc2cccc(Cl)c2nc1-c1cc(F)ccc1OCc1ccccc1. The summed E-state index contributed by atoms with van der Waals surface area (Å²) in [7, 11) is 0. The zero-order chi connectivity index (χ0) is 44.7. The molecule has 4 aromatic heterocycles. The van der Waals surface area contributed by atoms with Gasteiger partial charge in [0, 0.05) is 35.0 Å². The van der Waals surface area contributed by atoms with Crippen molar-refractivity contribution in [2.45, 2.75) is 26.3 Å². The van der Waals surface area contributed by atoms with Crippen LogP contribution < -0.4 is 20.5 Å². The Morgan fingerprint density at radius 2 is 1.12 bits per heavy atom. The number of halogens is 4. The van der Waals surface area contributed by atoms with E-state index >= 15 is 0 Å². The minimum atomic E-state index is -0.392. The van der Waals surface area contributed by atoms with Gasteiger partial charge in [0.25, 0.3) is 0 Å². The van der Waals surface area contributed by atoms with Crippen LogP contribution in [-0.4, -0.2) is 29.9 Å². The number of benzene rings is 6. The molecule has 0 spiro atoms. The van der Waals surface area contributed by atoms with Gasteiger partial charge in [-0.3, -0.25) is 0 Å². The van der Waals surface area contributed by atoms with Crippen molar-refractivity contribution in [3.63, 3.8) is 0 Å². The first-order chi connectivity index (χ1) is 31.8. The van der Waals surface area contributed by atoms with Gasteiger partial charge in [-0.2, -0.15) is 0 Å². The fourth-order valence-electron chi connectivity index (χ4n) is 7.34. The van der Waals surface area contributed by atoms with Crippen molar-refractivity contribution in [1.29, 1.82) is 0 Å². The first-order valence-electron chi connectivity index (χ1n) is 20.5. The maximum absolute atomic E-state index is 14.6. The summed E-state index contributed by atoms with van der Waals surface area (Å²) >= 11 is 12.8. The molecule has 0 aliphatic carbocycles. The fourth-order valence-corrected chi connectivity index (χ4v) is 7.79. The highest BCUT2D eigenvalue weighted by Crippen LogP contribution is 2.37. The van der Waals surface area contributed by atoms with Gasteiger partial charge in [0.1, 0.15) is 48.2 Å². The van der Waals surface area contributed by atoms with Crippen LogP contribution >= 0.6 is 23.2 Å². The molecule has 0 amide bonds. The molecule has 10 rings (SSSR count). The van der Waals surface area contributed by atoms with Crippen LogP contribution in [0.1, 0.15) is 22.3 Å². The van der Waals surface area contributed by atoms with E-state index in [1.807, 2.05) is 97.1 Å². The Labute approximate surface area is 382 Å². The normalized spacial score (nSPS) is 11.1. The first-order valence-corrected chi connectivity index (χ1v) is 21.2. The second-order valence-corrected chi connectivity index (χ2v) is 15.6. The van der Waals surface area contributed by atoms with E-state index in [1.165, 1.54) is 30.6 Å². The van der Waals surface area contributed by atoms with E-state index in [2.05, 4.69) is 25.3 Å². The molecule has 0 saturated heterocycles. The Morgan fingerprint density at radius 3 is 1.68 bits per heavy atom. The van der Waals surface area contributed by atoms with Crippen LogP contribution in [0.15, 0.2) is 158 Å². The number of fused-ring (bicyclic) bond motifs is 3. The molecule has 0 unspecified atom stereocenters. The third kappa shape index (κ3) is 9.70. The van der Waals surface area contributed by atoms with Crippen molar-refractivity contribution >= 4 is 62.0 Å². The number of ether oxygens (including phenoxy) is 2. The minimum Gasteiger partial charge on any atom is -0.488 e. The Bertz CT molecular complexity index is 3290. The standard InChI is InChI=1S/C28H20ClFN6O.C23H18ClFN2O/c29-22-8-4-7-18-11-19(13-31-27-26-28(33-15-32-26)35-16-34-27)24(36-25(18)22)21-12-20(30)9-10-23(21)37-14-17-5-2-1-3-6-17;24-20-8-4-7-16-11-17(13-26)22(27-23(16)20)19-12-18(25)9-10-21(19)28-14-15-5-2-1-3-6-15/h1-12,15-16H,13-14H2,(H2,31,32,33,34,35);1-12H,13-14,26H2. The van der Waals surface area contributed by atoms with E-state index in [1.54, 1.807) is 30.6 Å². The Kier molecular flexibility index (Phi) is 12.8. The van der Waals surface area contributed by atoms with E-state index in [-0.39, 0.29) is 12.4 Å². The van der Waals surface area contributed by atoms with E-state index < -0.39 is 5.82 Å². The largest absolute Gasteiger partial charge is 0.488 e. The molecule has 0 atom stereocenters. The van der Waals surface area contributed by atoms with Gasteiger partial charge in [-0.15, -0.1) is 0 Å². The summed E-state index contributed by atoms with van der Waals surface area (Å²) in [5.41, 5.74) is 14.3. The molecular weight excluding hydrogens is 866 g/mol. The number of nitrogens with zero attached hydrogens (tertiary/aromatic N) is 5. The number of hydrogen-bond acceptors (Lipinski definition) is 9. The third-order valence-electron chi connectivity index (χ3n) is 10.5. The van der Waals surface area contributed by atoms with Crippen LogP contribution in [0, 0.1) is 11.6 Å². The molecule has 0 aliphatic rings. The summed E-state index contributed by atoms with van der Waals surface area (Å²) in [5, 5.41) is 6.14. The van der Waals surface area contributed by atoms with Gasteiger partial charge in [0.2, 0.25) is 0 Å². The number of nitrogens with one attached hydrogen (secondary N) is 2. The summed E-state index contributed by atoms with van der Waals surface area (Å²) < 4.78 is 40.8. The second-order valence-electron chi connectivity index (χ2n) is 14.8. The topological polar surface area (TPSA) is 137 Å². The van der Waals surface area contributed by atoms with Gasteiger partial charge < -0.3 is 25.5 Å². The quantitative estimate of drug-likeness (QED) is 0.109. The van der Waals surface area contributed by atoms with Gasteiger partial charge in [-0.25, -0.2) is 33.7 Å². The molecular formula is C51H38Cl2F2N8O2. The Balaban J connectivity index is 0.000000171. The summed E-state index contributed by atoms with van der Waals surface area (Å²) in [4.78, 5) is 25.4. The molecule has 0 aliphatic heterocycles. The van der Waals surface area contributed by atoms with Crippen LogP contribution in [0.2, 0.25) is 10.0 Å². The first kappa shape index (κ1) is 42.8. The number of aromatic nitrogens is 6. The molecule has 14 heteroatoms. The molecule has 0 bridgehead atoms. The maximum Gasteiger partial charge on any atom is 0.182 e. The molecule has 0 fully saturated rings. The Hall–Kier alpha value is -7.51. The van der Waals surface area contributed by atoms with Crippen molar-refractivity contribution in [1.82, 2.24) is 29.9 Å². The predicted molar refractivity (Wildman–Crippen MR) is 253 cm³/mol. The lowest BCUT2D eigenvalue weighted by atomic mass is 10.0. The zero-order valence-corrected chi connectivity index (χ0v) is 36.0. The highest BCUT2D eigenvalue weighted by Gasteiger charge is 2.19. The summed E-state index contributed by atoms with van der Waals surface area (Å²) in [6.07, 6.45) is 3.02. The number of imidazole rings is 1. The van der Waals surface area contributed by atoms with Gasteiger partial charge in [-0.05, 0) is 82.9 Å². The Morgan fingerprint density at radius 1 is 0.585 bits per heavy atom. The van der Waals surface area contributed by atoms with E-state index in [0.717, 1.165) is 33.0 Å². The third-order valence-corrected chi connectivity index (χ3v) is 11.1. The van der Waals surface area contributed by atoms with Crippen molar-refractivity contribution in [3.8, 4) is 34.0 Å². The lowest BCUT2D eigenvalue weighted by Crippen LogP contribution is -2.06. The highest BCUT2D eigenvalue weighted by molar-refractivity contribution is 6.35. The van der Waals surface area contributed by atoms with Gasteiger partial charge in [-0.1, -0.05) is 108 Å². The van der Waals surface area contributed by atoms with Gasteiger partial charge in [0.05, 0.1) is 38.8 Å². The van der Waals surface area contributed by atoms with Crippen molar-refractivity contribution in [3.05, 3.63) is 202 Å². The zero-order valence-electron chi connectivity index (χ0n) is 34.5. The van der Waals surface area contributed by atoms with E-state index in [9.17, 15) is 8.78 Å². The van der Waals surface area contributed by atoms with E-state index in [0.29, 0.717) is 91.8 Å². The smallest absolute Gasteiger partial charge is 0.182 e. The average molecular weight is 904 g/mol. The number of anilines is 1. The number of aromatic amines is 1. The minimum absolute atomic E-state index is 0.263. The number of hydrogen-bond donors (Lipinski definition) is 3. The molecule has 0 radical (unpaired) electrons. The lowest BCUT2D eigenvalue weighted by Gasteiger charge is -2.16. The lowest BCUT2D eigenvalue weighted by molar-refractivity contribution is 0.307. The van der Waals surface area contributed by atoms with Crippen LogP contribution in [0.25, 0.3) is 55.5 Å². The van der Waals surface area contributed by atoms with Crippen LogP contribution in [0.5, 0.6) is 11.5 Å². The van der Waals surface area contributed by atoms with Crippen LogP contribution in [0.4, 0.5) is 14.6 Å². The second kappa shape index (κ2) is 19.5. The molecule has 10 aromatic rings. The molecule has 65 heavy (non-hydrogen) atoms. The van der Waals surface area contributed by atoms with Crippen molar-refractivity contribution < 1.29 is 18.3 Å². The molecule has 4 heterocycles. The summed E-state index contributed by atoms with van der Waals surface area (Å²) in [6.45, 7) is 1.32. The summed E-state index contributed by atoms with van der Waals surface area (Å²) in [5.74, 6) is 0.893. The van der Waals surface area contributed by atoms with Gasteiger partial charge in [0.15, 0.2) is 11.5 Å². The van der Waals surface area contributed by atoms with Crippen LogP contribution in [-0.2, 0) is 26.3 Å². The van der Waals surface area contributed by atoms with Crippen molar-refractivity contribution in [2.24, 2.45) is 5.73 Å². The molecule has 4 N–H and O–H groups in total. The monoisotopic (exact) mass is 902 g/mol. The van der Waals surface area contributed by atoms with Crippen LogP contribution in [0.3, 0.4) is 0 Å². The molecule has 0 saturated carbocycles. The summed E-state index contributed by atoms with van der Waals surface area (Å²) in [6, 6.07) is 43.6. The number of H-pyrrole nitrogens is 1. The average Bonchev–Trinajstić information content (AvgIpc) is 3.83. The predicted octanol–water partition coefficient (Wildman–Crippen LogP) is 12.3. The molecule has 322 valence electrons. The maximum atomic E-state index is 14.6. The highest BCUT2D eigenvalue weighted by atomic mass is 35.5. The molecule has 6 aromatic carbocycles. The number of para-hydroxylation sites is 2. The number of pyridine rings is 2. The number of nitrogens with two attached hydrogens (primary N) is 1. The number of rotatable bonds is 12. The molecule has 10 nitrogen and oxygen atoms in total. The van der Waals surface area contributed by atoms with Crippen molar-refractivity contribution in [2.75, 3.05) is 5.32 Å². The van der Waals surface area contributed by atoms with Gasteiger partial charge >= 0.3 is 0 Å². The fraction of sp³-hybridized carbons (Fsp3) is 0.0784. The van der Waals surface area contributed by atoms with E-state index in [4.69, 9.17) is 48.4 Å².